The Labute approximate surface area is 240 Å². The van der Waals surface area contributed by atoms with Crippen molar-refractivity contribution in [1.82, 2.24) is 14.5 Å². The van der Waals surface area contributed by atoms with Crippen molar-refractivity contribution in [2.45, 2.75) is 43.6 Å². The minimum absolute atomic E-state index is 0.161. The standard InChI is InChI=1S/C28H32F3N5O4S/c1-4-23(27(38)39)33-16-25(32)35-13-14-36(41-22-11-9-21(10-12-22)40-28(29,30)31)24(17-35)26(37)34-15-19-5-7-20(8-6-19)18(2)3/h4-12,16,18,24H,1,13-15,17,32H2,2-3H3,(H,34,37)(H,38,39)/b25-16+,33-23+/t24-/m1/s1. The van der Waals surface area contributed by atoms with E-state index in [1.165, 1.54) is 48.0 Å². The Morgan fingerprint density at radius 3 is 2.41 bits per heavy atom. The van der Waals surface area contributed by atoms with Gasteiger partial charge in [0.25, 0.3) is 0 Å². The monoisotopic (exact) mass is 591 g/mol. The quantitative estimate of drug-likeness (QED) is 0.258. The molecule has 0 spiro atoms. The van der Waals surface area contributed by atoms with E-state index in [0.717, 1.165) is 11.6 Å². The lowest BCUT2D eigenvalue weighted by Crippen LogP contribution is -2.56. The molecule has 0 radical (unpaired) electrons. The number of nitrogens with zero attached hydrogens (tertiary/aromatic N) is 3. The predicted octanol–water partition coefficient (Wildman–Crippen LogP) is 4.49. The molecule has 9 nitrogen and oxygen atoms in total. The minimum atomic E-state index is -4.79. The van der Waals surface area contributed by atoms with Gasteiger partial charge in [0, 0.05) is 31.1 Å². The van der Waals surface area contributed by atoms with Crippen LogP contribution in [-0.4, -0.2) is 63.9 Å². The number of carboxylic acid groups (broad SMARTS) is 1. The smallest absolute Gasteiger partial charge is 0.477 e. The topological polar surface area (TPSA) is 120 Å². The Kier molecular flexibility index (Phi) is 10.8. The third-order valence-electron chi connectivity index (χ3n) is 6.14. The van der Waals surface area contributed by atoms with Crippen LogP contribution in [0, 0.1) is 0 Å². The van der Waals surface area contributed by atoms with Crippen molar-refractivity contribution in [3.63, 3.8) is 0 Å². The maximum absolute atomic E-state index is 13.4. The summed E-state index contributed by atoms with van der Waals surface area (Å²) < 4.78 is 43.3. The average molecular weight is 592 g/mol. The number of carbonyl (C=O) groups is 2. The summed E-state index contributed by atoms with van der Waals surface area (Å²) in [5.74, 6) is -1.32. The molecule has 4 N–H and O–H groups in total. The van der Waals surface area contributed by atoms with Crippen LogP contribution in [0.1, 0.15) is 30.9 Å². The second-order valence-electron chi connectivity index (χ2n) is 9.40. The van der Waals surface area contributed by atoms with Crippen LogP contribution >= 0.6 is 11.9 Å². The van der Waals surface area contributed by atoms with Gasteiger partial charge < -0.3 is 25.8 Å². The van der Waals surface area contributed by atoms with Crippen LogP contribution < -0.4 is 15.8 Å². The van der Waals surface area contributed by atoms with Crippen molar-refractivity contribution < 1.29 is 32.6 Å². The van der Waals surface area contributed by atoms with Gasteiger partial charge in [-0.2, -0.15) is 0 Å². The molecule has 0 aromatic heterocycles. The van der Waals surface area contributed by atoms with E-state index in [2.05, 4.69) is 35.5 Å². The highest BCUT2D eigenvalue weighted by Gasteiger charge is 2.34. The second kappa shape index (κ2) is 14.1. The van der Waals surface area contributed by atoms with E-state index in [1.54, 1.807) is 4.90 Å². The summed E-state index contributed by atoms with van der Waals surface area (Å²) in [6.07, 6.45) is -2.49. The fourth-order valence-electron chi connectivity index (χ4n) is 3.90. The van der Waals surface area contributed by atoms with E-state index in [1.807, 2.05) is 28.6 Å². The summed E-state index contributed by atoms with van der Waals surface area (Å²) in [6.45, 7) is 8.82. The molecule has 3 rings (SSSR count). The molecule has 13 heteroatoms. The zero-order valence-electron chi connectivity index (χ0n) is 22.6. The number of nitrogens with one attached hydrogen (secondary N) is 1. The molecular weight excluding hydrogens is 559 g/mol. The largest absolute Gasteiger partial charge is 0.573 e. The number of nitrogens with two attached hydrogens (primary N) is 1. The average Bonchev–Trinajstić information content (AvgIpc) is 2.92. The maximum atomic E-state index is 13.4. The normalized spacial score (nSPS) is 16.9. The first-order valence-corrected chi connectivity index (χ1v) is 13.4. The van der Waals surface area contributed by atoms with Crippen molar-refractivity contribution in [3.8, 4) is 5.75 Å². The van der Waals surface area contributed by atoms with Crippen LogP contribution in [-0.2, 0) is 16.1 Å². The fourth-order valence-corrected chi connectivity index (χ4v) is 4.89. The Bertz CT molecular complexity index is 1280. The number of ether oxygens (including phenoxy) is 1. The summed E-state index contributed by atoms with van der Waals surface area (Å²) in [5, 5.41) is 12.1. The van der Waals surface area contributed by atoms with Gasteiger partial charge in [-0.1, -0.05) is 44.7 Å². The van der Waals surface area contributed by atoms with Gasteiger partial charge in [-0.05, 0) is 59.3 Å². The summed E-state index contributed by atoms with van der Waals surface area (Å²) in [6, 6.07) is 12.6. The molecular formula is C28H32F3N5O4S. The number of amides is 1. The highest BCUT2D eigenvalue weighted by atomic mass is 32.2. The number of aliphatic carboxylic acids is 1. The molecule has 0 bridgehead atoms. The molecule has 41 heavy (non-hydrogen) atoms. The number of halogens is 3. The molecule has 1 atom stereocenters. The Morgan fingerprint density at radius 2 is 1.85 bits per heavy atom. The Morgan fingerprint density at radius 1 is 1.20 bits per heavy atom. The molecule has 1 heterocycles. The summed E-state index contributed by atoms with van der Waals surface area (Å²) in [4.78, 5) is 30.8. The van der Waals surface area contributed by atoms with Gasteiger partial charge in [0.05, 0.1) is 6.20 Å². The summed E-state index contributed by atoms with van der Waals surface area (Å²) >= 11 is 1.22. The molecule has 1 aliphatic rings. The van der Waals surface area contributed by atoms with Gasteiger partial charge in [-0.3, -0.25) is 4.79 Å². The predicted molar refractivity (Wildman–Crippen MR) is 151 cm³/mol. The van der Waals surface area contributed by atoms with Crippen LogP contribution in [0.5, 0.6) is 5.75 Å². The van der Waals surface area contributed by atoms with Gasteiger partial charge in [0.15, 0.2) is 0 Å². The van der Waals surface area contributed by atoms with Crippen LogP contribution in [0.25, 0.3) is 0 Å². The van der Waals surface area contributed by atoms with Gasteiger partial charge in [0.1, 0.15) is 23.3 Å². The third-order valence-corrected chi connectivity index (χ3v) is 7.30. The van der Waals surface area contributed by atoms with Crippen LogP contribution in [0.15, 0.2) is 83.1 Å². The molecule has 1 amide bonds. The molecule has 220 valence electrons. The number of hydrogen-bond donors (Lipinski definition) is 3. The van der Waals surface area contributed by atoms with E-state index in [0.29, 0.717) is 30.4 Å². The zero-order valence-corrected chi connectivity index (χ0v) is 23.4. The first-order valence-electron chi connectivity index (χ1n) is 12.7. The molecule has 0 saturated carbocycles. The number of carbonyl (C=O) groups excluding carboxylic acids is 1. The molecule has 1 aliphatic heterocycles. The van der Waals surface area contributed by atoms with Crippen molar-refractivity contribution >= 4 is 29.5 Å². The zero-order chi connectivity index (χ0) is 30.2. The molecule has 1 saturated heterocycles. The highest BCUT2D eigenvalue weighted by molar-refractivity contribution is 7.97. The van der Waals surface area contributed by atoms with E-state index in [-0.39, 0.29) is 29.7 Å². The number of rotatable bonds is 11. The number of hydrogen-bond acceptors (Lipinski definition) is 8. The molecule has 0 aliphatic carbocycles. The number of piperazine rings is 1. The number of carboxylic acids is 1. The fraction of sp³-hybridized carbons (Fsp3) is 0.321. The number of aliphatic imine (C=N–C) groups is 1. The SMILES string of the molecule is C=C/C(=N\C=C(/N)N1CCN(Sc2ccc(OC(F)(F)F)cc2)[C@@H](C(=O)NCc2ccc(C(C)C)cc2)C1)C(=O)O. The first kappa shape index (κ1) is 31.6. The van der Waals surface area contributed by atoms with Gasteiger partial charge in [0.2, 0.25) is 5.91 Å². The number of alkyl halides is 3. The molecule has 2 aromatic carbocycles. The van der Waals surface area contributed by atoms with E-state index < -0.39 is 18.4 Å². The highest BCUT2D eigenvalue weighted by Crippen LogP contribution is 2.31. The lowest BCUT2D eigenvalue weighted by Gasteiger charge is -2.40. The van der Waals surface area contributed by atoms with Crippen LogP contribution in [0.3, 0.4) is 0 Å². The van der Waals surface area contributed by atoms with Crippen molar-refractivity contribution in [2.24, 2.45) is 10.7 Å². The third kappa shape index (κ3) is 9.57. The molecule has 1 fully saturated rings. The Balaban J connectivity index is 1.77. The van der Waals surface area contributed by atoms with E-state index >= 15 is 0 Å². The van der Waals surface area contributed by atoms with E-state index in [4.69, 9.17) is 10.8 Å². The van der Waals surface area contributed by atoms with Crippen LogP contribution in [0.2, 0.25) is 0 Å². The van der Waals surface area contributed by atoms with Crippen molar-refractivity contribution in [3.05, 3.63) is 84.3 Å². The first-order chi connectivity index (χ1) is 19.4. The van der Waals surface area contributed by atoms with Crippen molar-refractivity contribution in [1.29, 1.82) is 0 Å². The van der Waals surface area contributed by atoms with Gasteiger partial charge >= 0.3 is 12.3 Å². The van der Waals surface area contributed by atoms with Crippen LogP contribution in [0.4, 0.5) is 13.2 Å². The second-order valence-corrected chi connectivity index (χ2v) is 10.5. The molecule has 2 aromatic rings. The lowest BCUT2D eigenvalue weighted by atomic mass is 10.0. The minimum Gasteiger partial charge on any atom is -0.477 e. The van der Waals surface area contributed by atoms with Crippen molar-refractivity contribution in [2.75, 3.05) is 19.6 Å². The van der Waals surface area contributed by atoms with Gasteiger partial charge in [-0.15, -0.1) is 13.2 Å². The van der Waals surface area contributed by atoms with E-state index in [9.17, 15) is 22.8 Å². The maximum Gasteiger partial charge on any atom is 0.573 e. The Hall–Kier alpha value is -3.97. The number of benzene rings is 2. The molecule has 0 unspecified atom stereocenters. The lowest BCUT2D eigenvalue weighted by molar-refractivity contribution is -0.274. The van der Waals surface area contributed by atoms with Gasteiger partial charge in [-0.25, -0.2) is 14.1 Å². The summed E-state index contributed by atoms with van der Waals surface area (Å²) in [7, 11) is 0. The summed E-state index contributed by atoms with van der Waals surface area (Å²) in [5.41, 5.74) is 8.00.